The number of anilines is 1. The lowest BCUT2D eigenvalue weighted by Gasteiger charge is -2.37. The van der Waals surface area contributed by atoms with E-state index in [1.54, 1.807) is 6.33 Å². The Morgan fingerprint density at radius 3 is 2.72 bits per heavy atom. The van der Waals surface area contributed by atoms with E-state index in [1.165, 1.54) is 5.56 Å². The summed E-state index contributed by atoms with van der Waals surface area (Å²) >= 11 is 6.13. The Balaban J connectivity index is 1.47. The molecule has 2 heterocycles. The fraction of sp³-hybridized carbons (Fsp3) is 0.263. The first-order valence-corrected chi connectivity index (χ1v) is 8.73. The quantitative estimate of drug-likeness (QED) is 0.766. The van der Waals surface area contributed by atoms with Crippen molar-refractivity contribution < 1.29 is 4.79 Å². The van der Waals surface area contributed by atoms with Gasteiger partial charge < -0.3 is 14.8 Å². The first-order chi connectivity index (χ1) is 12.1. The molecule has 0 atom stereocenters. The number of hydrogen-bond donors (Lipinski definition) is 1. The van der Waals surface area contributed by atoms with Crippen molar-refractivity contribution in [3.63, 3.8) is 0 Å². The van der Waals surface area contributed by atoms with Crippen LogP contribution in [0, 0.1) is 6.92 Å². The molecule has 2 aromatic carbocycles. The predicted octanol–water partition coefficient (Wildman–Crippen LogP) is 3.49. The fourth-order valence-electron chi connectivity index (χ4n) is 3.32. The Morgan fingerprint density at radius 2 is 1.92 bits per heavy atom. The Kier molecular flexibility index (Phi) is 4.09. The number of benzene rings is 2. The van der Waals surface area contributed by atoms with Crippen molar-refractivity contribution >= 4 is 34.2 Å². The van der Waals surface area contributed by atoms with Gasteiger partial charge in [0.25, 0.3) is 5.91 Å². The van der Waals surface area contributed by atoms with Crippen molar-refractivity contribution in [2.24, 2.45) is 0 Å². The summed E-state index contributed by atoms with van der Waals surface area (Å²) in [6, 6.07) is 11.5. The Bertz CT molecular complexity index is 928. The number of carbonyl (C=O) groups excluding carboxylic acids is 1. The molecule has 1 aliphatic rings. The minimum absolute atomic E-state index is 0.0685. The number of nitrogens with one attached hydrogen (secondary N) is 1. The molecule has 1 aliphatic heterocycles. The van der Waals surface area contributed by atoms with Crippen molar-refractivity contribution in [3.8, 4) is 0 Å². The normalized spacial score (nSPS) is 15.0. The maximum Gasteiger partial charge on any atom is 0.254 e. The third kappa shape index (κ3) is 3.07. The number of fused-ring (bicyclic) bond motifs is 1. The lowest BCUT2D eigenvalue weighted by molar-refractivity contribution is 0.0747. The van der Waals surface area contributed by atoms with Gasteiger partial charge in [-0.25, -0.2) is 4.98 Å². The van der Waals surface area contributed by atoms with Gasteiger partial charge in [-0.1, -0.05) is 17.7 Å². The van der Waals surface area contributed by atoms with Crippen molar-refractivity contribution in [2.45, 2.75) is 6.92 Å². The molecule has 5 nitrogen and oxygen atoms in total. The van der Waals surface area contributed by atoms with Gasteiger partial charge in [-0.15, -0.1) is 0 Å². The topological polar surface area (TPSA) is 52.2 Å². The molecule has 1 aromatic heterocycles. The molecule has 1 amide bonds. The molecule has 1 N–H and O–H groups in total. The molecule has 0 bridgehead atoms. The van der Waals surface area contributed by atoms with Crippen LogP contribution in [-0.4, -0.2) is 47.0 Å². The van der Waals surface area contributed by atoms with Crippen molar-refractivity contribution in [3.05, 3.63) is 58.9 Å². The molecule has 128 valence electrons. The van der Waals surface area contributed by atoms with Gasteiger partial charge in [0, 0.05) is 42.5 Å². The zero-order valence-electron chi connectivity index (χ0n) is 14.0. The molecule has 0 unspecified atom stereocenters. The number of H-pyrrole nitrogens is 1. The Labute approximate surface area is 151 Å². The number of hydrogen-bond acceptors (Lipinski definition) is 3. The maximum absolute atomic E-state index is 12.8. The molecule has 0 radical (unpaired) electrons. The Morgan fingerprint density at radius 1 is 1.12 bits per heavy atom. The van der Waals surface area contributed by atoms with Crippen molar-refractivity contribution in [2.75, 3.05) is 31.1 Å². The van der Waals surface area contributed by atoms with Crippen molar-refractivity contribution in [1.82, 2.24) is 14.9 Å². The van der Waals surface area contributed by atoms with Crippen LogP contribution in [0.2, 0.25) is 5.02 Å². The van der Waals surface area contributed by atoms with Crippen molar-refractivity contribution in [1.29, 1.82) is 0 Å². The van der Waals surface area contributed by atoms with E-state index in [1.807, 2.05) is 41.3 Å². The van der Waals surface area contributed by atoms with Gasteiger partial charge in [-0.2, -0.15) is 0 Å². The second-order valence-corrected chi connectivity index (χ2v) is 6.78. The highest BCUT2D eigenvalue weighted by Crippen LogP contribution is 2.25. The second kappa shape index (κ2) is 6.41. The zero-order valence-corrected chi connectivity index (χ0v) is 14.8. The van der Waals surface area contributed by atoms with Gasteiger partial charge in [0.05, 0.1) is 17.4 Å². The van der Waals surface area contributed by atoms with E-state index in [0.29, 0.717) is 18.7 Å². The highest BCUT2D eigenvalue weighted by molar-refractivity contribution is 6.30. The van der Waals surface area contributed by atoms with Crippen LogP contribution in [0.3, 0.4) is 0 Å². The highest BCUT2D eigenvalue weighted by atomic mass is 35.5. The lowest BCUT2D eigenvalue weighted by Crippen LogP contribution is -2.49. The summed E-state index contributed by atoms with van der Waals surface area (Å²) in [7, 11) is 0. The summed E-state index contributed by atoms with van der Waals surface area (Å²) in [5.74, 6) is 0.0685. The lowest BCUT2D eigenvalue weighted by atomic mass is 10.1. The Hall–Kier alpha value is -2.53. The van der Waals surface area contributed by atoms with Gasteiger partial charge in [0.1, 0.15) is 0 Å². The molecule has 0 aliphatic carbocycles. The van der Waals surface area contributed by atoms with Crippen LogP contribution < -0.4 is 4.90 Å². The fourth-order valence-corrected chi connectivity index (χ4v) is 3.49. The van der Waals surface area contributed by atoms with E-state index < -0.39 is 0 Å². The monoisotopic (exact) mass is 354 g/mol. The predicted molar refractivity (Wildman–Crippen MR) is 100 cm³/mol. The number of piperazine rings is 1. The number of halogens is 1. The number of aromatic nitrogens is 2. The van der Waals surface area contributed by atoms with Crippen LogP contribution in [0.25, 0.3) is 11.0 Å². The highest BCUT2D eigenvalue weighted by Gasteiger charge is 2.23. The van der Waals surface area contributed by atoms with Gasteiger partial charge in [-0.05, 0) is 42.8 Å². The molecule has 0 spiro atoms. The molecular weight excluding hydrogens is 336 g/mol. The average molecular weight is 355 g/mol. The molecule has 3 aromatic rings. The molecular formula is C19H19ClN4O. The third-order valence-electron chi connectivity index (χ3n) is 4.75. The summed E-state index contributed by atoms with van der Waals surface area (Å²) in [5.41, 5.74) is 4.81. The molecule has 1 saturated heterocycles. The van der Waals surface area contributed by atoms with Gasteiger partial charge >= 0.3 is 0 Å². The maximum atomic E-state index is 12.8. The number of aromatic amines is 1. The number of amides is 1. The van der Waals surface area contributed by atoms with E-state index in [-0.39, 0.29) is 5.91 Å². The van der Waals surface area contributed by atoms with Crippen LogP contribution in [0.5, 0.6) is 0 Å². The summed E-state index contributed by atoms with van der Waals surface area (Å²) < 4.78 is 0. The smallest absolute Gasteiger partial charge is 0.254 e. The number of rotatable bonds is 2. The molecule has 0 saturated carbocycles. The summed E-state index contributed by atoms with van der Waals surface area (Å²) in [6.45, 7) is 5.10. The summed E-state index contributed by atoms with van der Waals surface area (Å²) in [4.78, 5) is 24.2. The number of nitrogens with zero attached hydrogens (tertiary/aromatic N) is 3. The first kappa shape index (κ1) is 16.0. The number of imidazole rings is 1. The van der Waals surface area contributed by atoms with Crippen LogP contribution in [0.4, 0.5) is 5.69 Å². The zero-order chi connectivity index (χ0) is 17.4. The SMILES string of the molecule is Cc1ccc(Cl)cc1N1CCN(C(=O)c2ccc3nc[nH]c3c2)CC1. The third-order valence-corrected chi connectivity index (χ3v) is 4.98. The standard InChI is InChI=1S/C19H19ClN4O/c1-13-2-4-15(20)11-18(13)23-6-8-24(9-7-23)19(25)14-3-5-16-17(10-14)22-12-21-16/h2-5,10-12H,6-9H2,1H3,(H,21,22). The summed E-state index contributed by atoms with van der Waals surface area (Å²) in [6.07, 6.45) is 1.64. The molecule has 25 heavy (non-hydrogen) atoms. The minimum atomic E-state index is 0.0685. The van der Waals surface area contributed by atoms with E-state index in [0.717, 1.165) is 34.8 Å². The van der Waals surface area contributed by atoms with Crippen LogP contribution >= 0.6 is 11.6 Å². The summed E-state index contributed by atoms with van der Waals surface area (Å²) in [5, 5.41) is 0.743. The molecule has 4 rings (SSSR count). The average Bonchev–Trinajstić information content (AvgIpc) is 3.11. The van der Waals surface area contributed by atoms with Crippen LogP contribution in [0.15, 0.2) is 42.7 Å². The van der Waals surface area contributed by atoms with E-state index >= 15 is 0 Å². The first-order valence-electron chi connectivity index (χ1n) is 8.35. The van der Waals surface area contributed by atoms with Crippen LogP contribution in [0.1, 0.15) is 15.9 Å². The molecule has 1 fully saturated rings. The molecule has 6 heteroatoms. The van der Waals surface area contributed by atoms with Gasteiger partial charge in [-0.3, -0.25) is 4.79 Å². The van der Waals surface area contributed by atoms with E-state index in [4.69, 9.17) is 11.6 Å². The number of carbonyl (C=O) groups is 1. The number of aryl methyl sites for hydroxylation is 1. The largest absolute Gasteiger partial charge is 0.368 e. The van der Waals surface area contributed by atoms with E-state index in [9.17, 15) is 4.79 Å². The second-order valence-electron chi connectivity index (χ2n) is 6.34. The van der Waals surface area contributed by atoms with Gasteiger partial charge in [0.2, 0.25) is 0 Å². The van der Waals surface area contributed by atoms with Crippen LogP contribution in [-0.2, 0) is 0 Å². The van der Waals surface area contributed by atoms with E-state index in [2.05, 4.69) is 21.8 Å². The minimum Gasteiger partial charge on any atom is -0.368 e. The van der Waals surface area contributed by atoms with Gasteiger partial charge in [0.15, 0.2) is 0 Å².